The van der Waals surface area contributed by atoms with Gasteiger partial charge in [-0.15, -0.1) is 0 Å². The van der Waals surface area contributed by atoms with E-state index in [1.165, 1.54) is 0 Å². The summed E-state index contributed by atoms with van der Waals surface area (Å²) in [6.07, 6.45) is 4.41. The highest BCUT2D eigenvalue weighted by atomic mass is 16.2. The maximum Gasteiger partial charge on any atom is 0.237 e. The molecule has 0 aliphatic heterocycles. The average Bonchev–Trinajstić information content (AvgIpc) is 2.92. The lowest BCUT2D eigenvalue weighted by Gasteiger charge is -2.18. The molecule has 1 aliphatic rings. The van der Waals surface area contributed by atoms with Gasteiger partial charge in [0.2, 0.25) is 5.91 Å². The zero-order valence-electron chi connectivity index (χ0n) is 10.2. The van der Waals surface area contributed by atoms with Crippen LogP contribution in [0.25, 0.3) is 0 Å². The number of rotatable bonds is 5. The molecule has 15 heavy (non-hydrogen) atoms. The minimum Gasteiger partial charge on any atom is -0.355 e. The van der Waals surface area contributed by atoms with Gasteiger partial charge in [0.05, 0.1) is 6.04 Å². The number of hydrogen-bond acceptors (Lipinski definition) is 2. The topological polar surface area (TPSA) is 55.1 Å². The summed E-state index contributed by atoms with van der Waals surface area (Å²) < 4.78 is 0. The number of nitrogens with one attached hydrogen (secondary N) is 1. The minimum absolute atomic E-state index is 0.0337. The molecule has 0 aromatic carbocycles. The molecular formula is C12H24N2O. The van der Waals surface area contributed by atoms with Crippen molar-refractivity contribution >= 4 is 5.91 Å². The van der Waals surface area contributed by atoms with Crippen LogP contribution in [0, 0.1) is 11.3 Å². The average molecular weight is 212 g/mol. The van der Waals surface area contributed by atoms with Crippen LogP contribution in [0.1, 0.15) is 46.5 Å². The van der Waals surface area contributed by atoms with Crippen LogP contribution in [-0.4, -0.2) is 18.5 Å². The third-order valence-electron chi connectivity index (χ3n) is 2.84. The molecule has 0 aromatic rings. The summed E-state index contributed by atoms with van der Waals surface area (Å²) in [6.45, 7) is 7.40. The maximum absolute atomic E-state index is 11.5. The number of amides is 1. The van der Waals surface area contributed by atoms with Gasteiger partial charge in [0, 0.05) is 6.54 Å². The van der Waals surface area contributed by atoms with Crippen molar-refractivity contribution in [3.63, 3.8) is 0 Å². The molecule has 3 N–H and O–H groups in total. The molecule has 0 heterocycles. The first kappa shape index (κ1) is 12.5. The third-order valence-corrected chi connectivity index (χ3v) is 2.84. The van der Waals surface area contributed by atoms with Crippen molar-refractivity contribution in [2.75, 3.05) is 6.54 Å². The van der Waals surface area contributed by atoms with Crippen LogP contribution in [-0.2, 0) is 4.79 Å². The van der Waals surface area contributed by atoms with Crippen molar-refractivity contribution in [3.05, 3.63) is 0 Å². The Morgan fingerprint density at radius 1 is 1.47 bits per heavy atom. The lowest BCUT2D eigenvalue weighted by molar-refractivity contribution is -0.122. The van der Waals surface area contributed by atoms with Gasteiger partial charge in [0.25, 0.3) is 0 Å². The molecule has 88 valence electrons. The highest BCUT2D eigenvalue weighted by Gasteiger charge is 2.32. The second kappa shape index (κ2) is 4.97. The number of carbonyl (C=O) groups is 1. The molecule has 0 saturated heterocycles. The fraction of sp³-hybridized carbons (Fsp3) is 0.917. The summed E-state index contributed by atoms with van der Waals surface area (Å²) in [5, 5.41) is 2.91. The standard InChI is InChI=1S/C12H24N2O/c1-12(2,3)7-4-8-14-11(15)10(13)9-5-6-9/h9-10H,4-8,13H2,1-3H3,(H,14,15). The predicted octanol–water partition coefficient (Wildman–Crippen LogP) is 1.67. The normalized spacial score (nSPS) is 18.7. The van der Waals surface area contributed by atoms with Crippen molar-refractivity contribution in [2.45, 2.75) is 52.5 Å². The predicted molar refractivity (Wildman–Crippen MR) is 62.4 cm³/mol. The Morgan fingerprint density at radius 3 is 2.53 bits per heavy atom. The summed E-state index contributed by atoms with van der Waals surface area (Å²) in [6, 6.07) is -0.264. The molecule has 1 atom stereocenters. The Kier molecular flexibility index (Phi) is 4.14. The SMILES string of the molecule is CC(C)(C)CCCNC(=O)C(N)C1CC1. The van der Waals surface area contributed by atoms with Crippen LogP contribution >= 0.6 is 0 Å². The van der Waals surface area contributed by atoms with Crippen LogP contribution < -0.4 is 11.1 Å². The first-order chi connectivity index (χ1) is 6.90. The Morgan fingerprint density at radius 2 is 2.07 bits per heavy atom. The smallest absolute Gasteiger partial charge is 0.237 e. The van der Waals surface area contributed by atoms with E-state index in [0.29, 0.717) is 11.3 Å². The first-order valence-electron chi connectivity index (χ1n) is 5.93. The van der Waals surface area contributed by atoms with Gasteiger partial charge in [-0.2, -0.15) is 0 Å². The summed E-state index contributed by atoms with van der Waals surface area (Å²) in [5.41, 5.74) is 6.13. The Balaban J connectivity index is 2.06. The molecule has 1 fully saturated rings. The minimum atomic E-state index is -0.264. The molecule has 1 saturated carbocycles. The maximum atomic E-state index is 11.5. The molecule has 1 aliphatic carbocycles. The van der Waals surface area contributed by atoms with Crippen LogP contribution in [0.3, 0.4) is 0 Å². The molecule has 0 aromatic heterocycles. The van der Waals surface area contributed by atoms with Crippen molar-refractivity contribution in [3.8, 4) is 0 Å². The largest absolute Gasteiger partial charge is 0.355 e. The van der Waals surface area contributed by atoms with E-state index in [1.54, 1.807) is 0 Å². The van der Waals surface area contributed by atoms with E-state index in [4.69, 9.17) is 5.73 Å². The fourth-order valence-corrected chi connectivity index (χ4v) is 1.62. The van der Waals surface area contributed by atoms with E-state index >= 15 is 0 Å². The number of hydrogen-bond donors (Lipinski definition) is 2. The zero-order chi connectivity index (χ0) is 11.5. The molecule has 3 nitrogen and oxygen atoms in total. The van der Waals surface area contributed by atoms with Gasteiger partial charge < -0.3 is 11.1 Å². The quantitative estimate of drug-likeness (QED) is 0.681. The molecule has 0 bridgehead atoms. The van der Waals surface area contributed by atoms with E-state index in [1.807, 2.05) is 0 Å². The van der Waals surface area contributed by atoms with Crippen molar-refractivity contribution < 1.29 is 4.79 Å². The molecule has 1 rings (SSSR count). The van der Waals surface area contributed by atoms with Gasteiger partial charge in [-0.25, -0.2) is 0 Å². The van der Waals surface area contributed by atoms with Crippen molar-refractivity contribution in [2.24, 2.45) is 17.1 Å². The third kappa shape index (κ3) is 5.17. The van der Waals surface area contributed by atoms with Gasteiger partial charge in [-0.3, -0.25) is 4.79 Å². The van der Waals surface area contributed by atoms with E-state index in [0.717, 1.165) is 32.2 Å². The lowest BCUT2D eigenvalue weighted by atomic mass is 9.91. The second-order valence-electron chi connectivity index (χ2n) is 5.82. The summed E-state index contributed by atoms with van der Waals surface area (Å²) in [4.78, 5) is 11.5. The lowest BCUT2D eigenvalue weighted by Crippen LogP contribution is -2.42. The molecule has 1 unspecified atom stereocenters. The van der Waals surface area contributed by atoms with E-state index in [9.17, 15) is 4.79 Å². The summed E-state index contributed by atoms with van der Waals surface area (Å²) in [5.74, 6) is 0.485. The molecule has 1 amide bonds. The van der Waals surface area contributed by atoms with E-state index < -0.39 is 0 Å². The Bertz CT molecular complexity index is 216. The van der Waals surface area contributed by atoms with Crippen LogP contribution in [0.15, 0.2) is 0 Å². The van der Waals surface area contributed by atoms with Crippen molar-refractivity contribution in [1.29, 1.82) is 0 Å². The van der Waals surface area contributed by atoms with Crippen LogP contribution in [0.5, 0.6) is 0 Å². The highest BCUT2D eigenvalue weighted by Crippen LogP contribution is 2.31. The van der Waals surface area contributed by atoms with Gasteiger partial charge >= 0.3 is 0 Å². The molecular weight excluding hydrogens is 188 g/mol. The van der Waals surface area contributed by atoms with E-state index in [-0.39, 0.29) is 11.9 Å². The highest BCUT2D eigenvalue weighted by molar-refractivity contribution is 5.82. The number of nitrogens with two attached hydrogens (primary N) is 1. The van der Waals surface area contributed by atoms with E-state index in [2.05, 4.69) is 26.1 Å². The monoisotopic (exact) mass is 212 g/mol. The van der Waals surface area contributed by atoms with Gasteiger partial charge in [0.15, 0.2) is 0 Å². The molecule has 0 spiro atoms. The summed E-state index contributed by atoms with van der Waals surface area (Å²) >= 11 is 0. The first-order valence-corrected chi connectivity index (χ1v) is 5.93. The molecule has 0 radical (unpaired) electrons. The van der Waals surface area contributed by atoms with Crippen LogP contribution in [0.2, 0.25) is 0 Å². The van der Waals surface area contributed by atoms with Gasteiger partial charge in [-0.05, 0) is 37.0 Å². The Hall–Kier alpha value is -0.570. The van der Waals surface area contributed by atoms with Crippen LogP contribution in [0.4, 0.5) is 0 Å². The van der Waals surface area contributed by atoms with Gasteiger partial charge in [-0.1, -0.05) is 20.8 Å². The van der Waals surface area contributed by atoms with Gasteiger partial charge in [0.1, 0.15) is 0 Å². The van der Waals surface area contributed by atoms with Crippen molar-refractivity contribution in [1.82, 2.24) is 5.32 Å². The Labute approximate surface area is 92.8 Å². The number of carbonyl (C=O) groups excluding carboxylic acids is 1. The molecule has 3 heteroatoms. The fourth-order valence-electron chi connectivity index (χ4n) is 1.62. The second-order valence-corrected chi connectivity index (χ2v) is 5.82. The summed E-state index contributed by atoms with van der Waals surface area (Å²) in [7, 11) is 0. The zero-order valence-corrected chi connectivity index (χ0v) is 10.2.